The molecule has 2 N–H and O–H groups in total. The lowest BCUT2D eigenvalue weighted by Crippen LogP contribution is -2.16. The van der Waals surface area contributed by atoms with Gasteiger partial charge in [-0.05, 0) is 56.3 Å². The van der Waals surface area contributed by atoms with Crippen molar-refractivity contribution in [2.45, 2.75) is 26.4 Å². The van der Waals surface area contributed by atoms with E-state index in [1.54, 1.807) is 24.3 Å². The van der Waals surface area contributed by atoms with Gasteiger partial charge in [-0.2, -0.15) is 0 Å². The molecular weight excluding hydrogens is 314 g/mol. The fourth-order valence-corrected chi connectivity index (χ4v) is 2.04. The molecule has 0 fully saturated rings. The standard InChI is InChI=1S/C18H20F2N2O2/c1-12(2)24-15-6-3-13(4-7-15)22-18(23)9-10-21-14-5-8-16(19)17(20)11-14/h3-8,11-12,21H,9-10H2,1-2H3,(H,22,23). The molecule has 24 heavy (non-hydrogen) atoms. The van der Waals surface area contributed by atoms with Gasteiger partial charge in [0.15, 0.2) is 11.6 Å². The van der Waals surface area contributed by atoms with E-state index >= 15 is 0 Å². The number of amides is 1. The van der Waals surface area contributed by atoms with E-state index in [4.69, 9.17) is 4.74 Å². The number of halogens is 2. The van der Waals surface area contributed by atoms with Crippen LogP contribution >= 0.6 is 0 Å². The van der Waals surface area contributed by atoms with Crippen LogP contribution in [-0.2, 0) is 4.79 Å². The largest absolute Gasteiger partial charge is 0.491 e. The van der Waals surface area contributed by atoms with Crippen molar-refractivity contribution in [3.8, 4) is 5.75 Å². The Labute approximate surface area is 139 Å². The Hall–Kier alpha value is -2.63. The summed E-state index contributed by atoms with van der Waals surface area (Å²) in [5.41, 5.74) is 1.10. The summed E-state index contributed by atoms with van der Waals surface area (Å²) in [5.74, 6) is -1.26. The minimum atomic E-state index is -0.923. The number of ether oxygens (including phenoxy) is 1. The van der Waals surface area contributed by atoms with Gasteiger partial charge >= 0.3 is 0 Å². The smallest absolute Gasteiger partial charge is 0.226 e. The highest BCUT2D eigenvalue weighted by Crippen LogP contribution is 2.17. The van der Waals surface area contributed by atoms with Crippen LogP contribution in [0.4, 0.5) is 20.2 Å². The normalized spacial score (nSPS) is 10.5. The predicted octanol–water partition coefficient (Wildman–Crippen LogP) is 4.19. The zero-order valence-corrected chi connectivity index (χ0v) is 13.6. The first kappa shape index (κ1) is 17.7. The number of benzene rings is 2. The maximum Gasteiger partial charge on any atom is 0.226 e. The van der Waals surface area contributed by atoms with E-state index in [9.17, 15) is 13.6 Å². The third kappa shape index (κ3) is 5.53. The van der Waals surface area contributed by atoms with Crippen molar-refractivity contribution in [1.29, 1.82) is 0 Å². The number of carbonyl (C=O) groups excluding carboxylic acids is 1. The number of nitrogens with one attached hydrogen (secondary N) is 2. The Morgan fingerprint density at radius 3 is 2.33 bits per heavy atom. The third-order valence-electron chi connectivity index (χ3n) is 3.11. The van der Waals surface area contributed by atoms with Crippen LogP contribution in [0.15, 0.2) is 42.5 Å². The molecule has 0 radical (unpaired) electrons. The second kappa shape index (κ2) is 8.29. The van der Waals surface area contributed by atoms with Crippen molar-refractivity contribution in [2.24, 2.45) is 0 Å². The number of hydrogen-bond donors (Lipinski definition) is 2. The average molecular weight is 334 g/mol. The molecule has 0 spiro atoms. The van der Waals surface area contributed by atoms with Gasteiger partial charge in [-0.25, -0.2) is 8.78 Å². The highest BCUT2D eigenvalue weighted by atomic mass is 19.2. The molecule has 0 aromatic heterocycles. The van der Waals surface area contributed by atoms with Crippen LogP contribution in [-0.4, -0.2) is 18.6 Å². The molecule has 1 amide bonds. The Morgan fingerprint density at radius 1 is 1.04 bits per heavy atom. The molecule has 0 aliphatic heterocycles. The number of anilines is 2. The predicted molar refractivity (Wildman–Crippen MR) is 90.3 cm³/mol. The summed E-state index contributed by atoms with van der Waals surface area (Å²) in [7, 11) is 0. The quantitative estimate of drug-likeness (QED) is 0.798. The fourth-order valence-electron chi connectivity index (χ4n) is 2.04. The lowest BCUT2D eigenvalue weighted by Gasteiger charge is -2.11. The van der Waals surface area contributed by atoms with Crippen molar-refractivity contribution in [1.82, 2.24) is 0 Å². The van der Waals surface area contributed by atoms with Gasteiger partial charge in [-0.1, -0.05) is 0 Å². The van der Waals surface area contributed by atoms with Crippen LogP contribution in [0.2, 0.25) is 0 Å². The average Bonchev–Trinajstić information content (AvgIpc) is 2.52. The molecule has 0 atom stereocenters. The number of hydrogen-bond acceptors (Lipinski definition) is 3. The first-order valence-corrected chi connectivity index (χ1v) is 7.69. The van der Waals surface area contributed by atoms with Crippen LogP contribution in [0.1, 0.15) is 20.3 Å². The maximum absolute atomic E-state index is 13.1. The molecular formula is C18H20F2N2O2. The minimum absolute atomic E-state index is 0.0906. The van der Waals surface area contributed by atoms with E-state index in [1.807, 2.05) is 13.8 Å². The van der Waals surface area contributed by atoms with E-state index in [2.05, 4.69) is 10.6 Å². The van der Waals surface area contributed by atoms with Crippen LogP contribution in [0.25, 0.3) is 0 Å². The molecule has 2 rings (SSSR count). The maximum atomic E-state index is 13.1. The van der Waals surface area contributed by atoms with Crippen molar-refractivity contribution >= 4 is 17.3 Å². The highest BCUT2D eigenvalue weighted by Gasteiger charge is 2.05. The molecule has 0 aliphatic rings. The first-order valence-electron chi connectivity index (χ1n) is 7.69. The van der Waals surface area contributed by atoms with Gasteiger partial charge in [0.05, 0.1) is 6.10 Å². The Morgan fingerprint density at radius 2 is 1.71 bits per heavy atom. The van der Waals surface area contributed by atoms with Gasteiger partial charge in [0.1, 0.15) is 5.75 Å². The molecule has 6 heteroatoms. The Kier molecular flexibility index (Phi) is 6.12. The molecule has 128 valence electrons. The topological polar surface area (TPSA) is 50.4 Å². The van der Waals surface area contributed by atoms with Crippen molar-refractivity contribution < 1.29 is 18.3 Å². The van der Waals surface area contributed by atoms with E-state index in [-0.39, 0.29) is 18.4 Å². The summed E-state index contributed by atoms with van der Waals surface area (Å²) in [6.45, 7) is 4.19. The van der Waals surface area contributed by atoms with E-state index in [0.29, 0.717) is 17.9 Å². The van der Waals surface area contributed by atoms with Gasteiger partial charge in [0.25, 0.3) is 0 Å². The van der Waals surface area contributed by atoms with Crippen molar-refractivity contribution in [3.63, 3.8) is 0 Å². The van der Waals surface area contributed by atoms with E-state index < -0.39 is 11.6 Å². The van der Waals surface area contributed by atoms with Crippen molar-refractivity contribution in [3.05, 3.63) is 54.1 Å². The summed E-state index contributed by atoms with van der Waals surface area (Å²) in [4.78, 5) is 11.9. The molecule has 0 heterocycles. The third-order valence-corrected chi connectivity index (χ3v) is 3.11. The fraction of sp³-hybridized carbons (Fsp3) is 0.278. The molecule has 2 aromatic rings. The summed E-state index contributed by atoms with van der Waals surface area (Å²) in [5, 5.41) is 5.63. The van der Waals surface area contributed by atoms with Gasteiger partial charge in [0.2, 0.25) is 5.91 Å². The van der Waals surface area contributed by atoms with E-state index in [1.165, 1.54) is 6.07 Å². The van der Waals surface area contributed by atoms with E-state index in [0.717, 1.165) is 17.9 Å². The Balaban J connectivity index is 1.77. The molecule has 0 bridgehead atoms. The monoisotopic (exact) mass is 334 g/mol. The summed E-state index contributed by atoms with van der Waals surface area (Å²) < 4.78 is 31.4. The van der Waals surface area contributed by atoms with Crippen molar-refractivity contribution in [2.75, 3.05) is 17.2 Å². The number of rotatable bonds is 7. The molecule has 2 aromatic carbocycles. The van der Waals surface area contributed by atoms with Gasteiger partial charge in [-0.3, -0.25) is 4.79 Å². The minimum Gasteiger partial charge on any atom is -0.491 e. The molecule has 0 aliphatic carbocycles. The van der Waals surface area contributed by atoms with Gasteiger partial charge < -0.3 is 15.4 Å². The lowest BCUT2D eigenvalue weighted by atomic mass is 10.2. The zero-order chi connectivity index (χ0) is 17.5. The second-order valence-corrected chi connectivity index (χ2v) is 5.54. The summed E-state index contributed by atoms with van der Waals surface area (Å²) >= 11 is 0. The molecule has 4 nitrogen and oxygen atoms in total. The van der Waals surface area contributed by atoms with Crippen LogP contribution in [0.3, 0.4) is 0 Å². The highest BCUT2D eigenvalue weighted by molar-refractivity contribution is 5.91. The molecule has 0 saturated carbocycles. The Bertz CT molecular complexity index is 688. The summed E-state index contributed by atoms with van der Waals surface area (Å²) in [6.07, 6.45) is 0.288. The van der Waals surface area contributed by atoms with Crippen LogP contribution < -0.4 is 15.4 Å². The summed E-state index contributed by atoms with van der Waals surface area (Å²) in [6, 6.07) is 10.6. The van der Waals surface area contributed by atoms with Crippen LogP contribution in [0, 0.1) is 11.6 Å². The lowest BCUT2D eigenvalue weighted by molar-refractivity contribution is -0.115. The first-order chi connectivity index (χ1) is 11.4. The molecule has 0 unspecified atom stereocenters. The zero-order valence-electron chi connectivity index (χ0n) is 13.6. The second-order valence-electron chi connectivity index (χ2n) is 5.54. The van der Waals surface area contributed by atoms with Gasteiger partial charge in [-0.15, -0.1) is 0 Å². The molecule has 0 saturated heterocycles. The SMILES string of the molecule is CC(C)Oc1ccc(NC(=O)CCNc2ccc(F)c(F)c2)cc1. The van der Waals surface area contributed by atoms with Crippen LogP contribution in [0.5, 0.6) is 5.75 Å². The van der Waals surface area contributed by atoms with Gasteiger partial charge in [0, 0.05) is 24.3 Å². The number of carbonyl (C=O) groups is 1.